The van der Waals surface area contributed by atoms with E-state index >= 15 is 0 Å². The highest BCUT2D eigenvalue weighted by Gasteiger charge is 2.20. The van der Waals surface area contributed by atoms with Crippen LogP contribution in [0.1, 0.15) is 28.7 Å². The standard InChI is InChI=1S/C25H26N6O4S/c1-3-18-13-22(31(30-18)21-10-9-19(35-2)12-17(21)14-26)25(32)29-24-11-8-16(15-28-24)20-6-4-5-7-23(20)36(27,33)34/h4-13,15H,3,14,26H2,1-2H3,(H2,27,33,34)(H,28,29,32). The number of benzene rings is 2. The van der Waals surface area contributed by atoms with Gasteiger partial charge in [-0.15, -0.1) is 0 Å². The number of hydrogen-bond donors (Lipinski definition) is 3. The Balaban J connectivity index is 1.64. The highest BCUT2D eigenvalue weighted by atomic mass is 32.2. The molecule has 2 aromatic carbocycles. The van der Waals surface area contributed by atoms with E-state index in [0.29, 0.717) is 34.7 Å². The number of rotatable bonds is 8. The number of methoxy groups -OCH3 is 1. The molecule has 4 aromatic rings. The largest absolute Gasteiger partial charge is 0.497 e. The van der Waals surface area contributed by atoms with Gasteiger partial charge in [-0.2, -0.15) is 5.10 Å². The molecule has 186 valence electrons. The van der Waals surface area contributed by atoms with Gasteiger partial charge in [-0.3, -0.25) is 4.79 Å². The average Bonchev–Trinajstić information content (AvgIpc) is 3.33. The van der Waals surface area contributed by atoms with Gasteiger partial charge in [-0.05, 0) is 54.4 Å². The number of hydrogen-bond acceptors (Lipinski definition) is 7. The minimum atomic E-state index is -3.91. The molecule has 0 saturated carbocycles. The van der Waals surface area contributed by atoms with E-state index in [0.717, 1.165) is 11.3 Å². The molecule has 5 N–H and O–H groups in total. The van der Waals surface area contributed by atoms with Crippen molar-refractivity contribution in [2.24, 2.45) is 10.9 Å². The Hall–Kier alpha value is -4.06. The Kier molecular flexibility index (Phi) is 7.15. The van der Waals surface area contributed by atoms with Crippen LogP contribution in [0.15, 0.2) is 71.8 Å². The monoisotopic (exact) mass is 506 g/mol. The Morgan fingerprint density at radius 2 is 1.89 bits per heavy atom. The predicted molar refractivity (Wildman–Crippen MR) is 136 cm³/mol. The molecular weight excluding hydrogens is 480 g/mol. The van der Waals surface area contributed by atoms with Crippen LogP contribution < -0.4 is 20.9 Å². The third-order valence-corrected chi connectivity index (χ3v) is 6.57. The number of anilines is 1. The van der Waals surface area contributed by atoms with Gasteiger partial charge >= 0.3 is 0 Å². The van der Waals surface area contributed by atoms with Gasteiger partial charge in [0.1, 0.15) is 17.3 Å². The quantitative estimate of drug-likeness (QED) is 0.332. The van der Waals surface area contributed by atoms with Crippen LogP contribution >= 0.6 is 0 Å². The molecule has 4 rings (SSSR count). The third kappa shape index (κ3) is 5.13. The zero-order valence-electron chi connectivity index (χ0n) is 19.8. The Morgan fingerprint density at radius 3 is 2.53 bits per heavy atom. The lowest BCUT2D eigenvalue weighted by atomic mass is 10.1. The Morgan fingerprint density at radius 1 is 1.11 bits per heavy atom. The van der Waals surface area contributed by atoms with Crippen molar-refractivity contribution < 1.29 is 17.9 Å². The van der Waals surface area contributed by atoms with E-state index in [2.05, 4.69) is 15.4 Å². The molecule has 0 bridgehead atoms. The summed E-state index contributed by atoms with van der Waals surface area (Å²) >= 11 is 0. The molecule has 0 aliphatic heterocycles. The van der Waals surface area contributed by atoms with Crippen LogP contribution in [0.5, 0.6) is 5.75 Å². The first-order valence-electron chi connectivity index (χ1n) is 11.1. The lowest BCUT2D eigenvalue weighted by molar-refractivity contribution is 0.101. The number of nitrogens with two attached hydrogens (primary N) is 2. The minimum absolute atomic E-state index is 0.00483. The molecule has 0 atom stereocenters. The number of carbonyl (C=O) groups is 1. The van der Waals surface area contributed by atoms with Crippen LogP contribution in [0.25, 0.3) is 16.8 Å². The first kappa shape index (κ1) is 25.0. The molecule has 0 aliphatic carbocycles. The van der Waals surface area contributed by atoms with Crippen molar-refractivity contribution in [2.45, 2.75) is 24.8 Å². The molecule has 11 heteroatoms. The summed E-state index contributed by atoms with van der Waals surface area (Å²) in [6, 6.07) is 16.7. The van der Waals surface area contributed by atoms with Crippen LogP contribution in [0, 0.1) is 0 Å². The van der Waals surface area contributed by atoms with E-state index in [1.165, 1.54) is 12.3 Å². The normalized spacial score (nSPS) is 11.3. The molecule has 1 amide bonds. The van der Waals surface area contributed by atoms with Crippen LogP contribution in [0.2, 0.25) is 0 Å². The number of ether oxygens (including phenoxy) is 1. The fraction of sp³-hybridized carbons (Fsp3) is 0.160. The van der Waals surface area contributed by atoms with Crippen molar-refractivity contribution >= 4 is 21.7 Å². The summed E-state index contributed by atoms with van der Waals surface area (Å²) in [6.07, 6.45) is 2.11. The second kappa shape index (κ2) is 10.3. The van der Waals surface area contributed by atoms with Crippen molar-refractivity contribution in [3.05, 3.63) is 83.8 Å². The number of nitrogens with one attached hydrogen (secondary N) is 1. The van der Waals surface area contributed by atoms with Gasteiger partial charge in [0, 0.05) is 23.9 Å². The van der Waals surface area contributed by atoms with Crippen LogP contribution in [-0.4, -0.2) is 36.2 Å². The number of primary sulfonamides is 1. The fourth-order valence-corrected chi connectivity index (χ4v) is 4.53. The molecule has 2 heterocycles. The molecule has 2 aromatic heterocycles. The Bertz CT molecular complexity index is 1510. The maximum absolute atomic E-state index is 13.2. The highest BCUT2D eigenvalue weighted by molar-refractivity contribution is 7.89. The summed E-state index contributed by atoms with van der Waals surface area (Å²) in [5, 5.41) is 12.7. The molecule has 10 nitrogen and oxygen atoms in total. The van der Waals surface area contributed by atoms with E-state index in [-0.39, 0.29) is 17.3 Å². The highest BCUT2D eigenvalue weighted by Crippen LogP contribution is 2.27. The molecule has 36 heavy (non-hydrogen) atoms. The lowest BCUT2D eigenvalue weighted by Gasteiger charge is -2.13. The topological polar surface area (TPSA) is 155 Å². The summed E-state index contributed by atoms with van der Waals surface area (Å²) < 4.78 is 30.7. The van der Waals surface area contributed by atoms with E-state index < -0.39 is 15.9 Å². The first-order chi connectivity index (χ1) is 17.2. The third-order valence-electron chi connectivity index (χ3n) is 5.60. The van der Waals surface area contributed by atoms with Crippen molar-refractivity contribution in [3.8, 4) is 22.6 Å². The lowest BCUT2D eigenvalue weighted by Crippen LogP contribution is -2.18. The zero-order valence-corrected chi connectivity index (χ0v) is 20.6. The summed E-state index contributed by atoms with van der Waals surface area (Å²) in [5.74, 6) is 0.531. The molecule has 0 saturated heterocycles. The molecule has 0 spiro atoms. The first-order valence-corrected chi connectivity index (χ1v) is 12.7. The number of aryl methyl sites for hydroxylation is 1. The SMILES string of the molecule is CCc1cc(C(=O)Nc2ccc(-c3ccccc3S(N)(=O)=O)cn2)n(-c2ccc(OC)cc2CN)n1. The maximum atomic E-state index is 13.2. The number of aromatic nitrogens is 3. The summed E-state index contributed by atoms with van der Waals surface area (Å²) in [4.78, 5) is 17.5. The zero-order chi connectivity index (χ0) is 25.9. The van der Waals surface area contributed by atoms with Gasteiger partial charge in [-0.1, -0.05) is 25.1 Å². The van der Waals surface area contributed by atoms with E-state index in [4.69, 9.17) is 15.6 Å². The van der Waals surface area contributed by atoms with Gasteiger partial charge in [0.15, 0.2) is 0 Å². The number of nitrogens with zero attached hydrogens (tertiary/aromatic N) is 3. The van der Waals surface area contributed by atoms with Crippen LogP contribution in [0.3, 0.4) is 0 Å². The second-order valence-corrected chi connectivity index (χ2v) is 9.44. The maximum Gasteiger partial charge on any atom is 0.275 e. The minimum Gasteiger partial charge on any atom is -0.497 e. The molecular formula is C25H26N6O4S. The van der Waals surface area contributed by atoms with E-state index in [1.807, 2.05) is 13.0 Å². The Labute approximate surface area is 209 Å². The van der Waals surface area contributed by atoms with Gasteiger partial charge in [0.25, 0.3) is 5.91 Å². The number of pyridine rings is 1. The second-order valence-electron chi connectivity index (χ2n) is 7.91. The van der Waals surface area contributed by atoms with Gasteiger partial charge in [0.2, 0.25) is 10.0 Å². The molecule has 0 aliphatic rings. The summed E-state index contributed by atoms with van der Waals surface area (Å²) in [6.45, 7) is 2.18. The van der Waals surface area contributed by atoms with E-state index in [1.54, 1.807) is 60.3 Å². The van der Waals surface area contributed by atoms with Gasteiger partial charge < -0.3 is 15.8 Å². The average molecular weight is 507 g/mol. The van der Waals surface area contributed by atoms with Crippen LogP contribution in [-0.2, 0) is 23.0 Å². The van der Waals surface area contributed by atoms with Crippen molar-refractivity contribution in [1.29, 1.82) is 0 Å². The number of carbonyl (C=O) groups excluding carboxylic acids is 1. The smallest absolute Gasteiger partial charge is 0.275 e. The predicted octanol–water partition coefficient (Wildman–Crippen LogP) is 2.86. The summed E-state index contributed by atoms with van der Waals surface area (Å²) in [5.41, 5.74) is 9.41. The van der Waals surface area contributed by atoms with Crippen molar-refractivity contribution in [2.75, 3.05) is 12.4 Å². The summed E-state index contributed by atoms with van der Waals surface area (Å²) in [7, 11) is -2.34. The molecule has 0 unspecified atom stereocenters. The van der Waals surface area contributed by atoms with Crippen molar-refractivity contribution in [3.63, 3.8) is 0 Å². The van der Waals surface area contributed by atoms with Gasteiger partial charge in [0.05, 0.1) is 23.4 Å². The fourth-order valence-electron chi connectivity index (χ4n) is 3.77. The number of sulfonamides is 1. The molecule has 0 radical (unpaired) electrons. The van der Waals surface area contributed by atoms with E-state index in [9.17, 15) is 13.2 Å². The van der Waals surface area contributed by atoms with Crippen LogP contribution in [0.4, 0.5) is 5.82 Å². The number of amides is 1. The van der Waals surface area contributed by atoms with Gasteiger partial charge in [-0.25, -0.2) is 23.2 Å². The molecule has 0 fully saturated rings. The van der Waals surface area contributed by atoms with Crippen molar-refractivity contribution in [1.82, 2.24) is 14.8 Å².